The minimum atomic E-state index is -1.04. The van der Waals surface area contributed by atoms with Gasteiger partial charge in [-0.15, -0.1) is 12.0 Å². The number of fused-ring (bicyclic) bond motifs is 1. The first kappa shape index (κ1) is 31.6. The van der Waals surface area contributed by atoms with Crippen LogP contribution in [0, 0.1) is 24.0 Å². The summed E-state index contributed by atoms with van der Waals surface area (Å²) < 4.78 is 24.3. The predicted molar refractivity (Wildman–Crippen MR) is 127 cm³/mol. The Morgan fingerprint density at radius 3 is 1.69 bits per heavy atom. The van der Waals surface area contributed by atoms with Crippen LogP contribution in [0.25, 0.3) is 0 Å². The first-order valence-electron chi connectivity index (χ1n) is 11.5. The molecule has 0 bridgehead atoms. The van der Waals surface area contributed by atoms with E-state index in [1.165, 1.54) is 69.2 Å². The van der Waals surface area contributed by atoms with Crippen LogP contribution in [0.4, 0.5) is 8.78 Å². The van der Waals surface area contributed by atoms with E-state index >= 15 is 0 Å². The average molecular weight is 551 g/mol. The summed E-state index contributed by atoms with van der Waals surface area (Å²) in [7, 11) is 0. The Labute approximate surface area is 231 Å². The molecular weight excluding hydrogens is 522 g/mol. The van der Waals surface area contributed by atoms with Crippen molar-refractivity contribution in [2.45, 2.75) is 51.9 Å². The van der Waals surface area contributed by atoms with Crippen molar-refractivity contribution < 1.29 is 62.7 Å². The van der Waals surface area contributed by atoms with Crippen molar-refractivity contribution in [1.29, 1.82) is 0 Å². The van der Waals surface area contributed by atoms with Crippen LogP contribution in [0.3, 0.4) is 0 Å². The minimum Gasteiger partial charge on any atom is -1.00 e. The molecule has 0 aromatic heterocycles. The van der Waals surface area contributed by atoms with E-state index in [2.05, 4.69) is 13.3 Å². The molecule has 0 fully saturated rings. The van der Waals surface area contributed by atoms with Crippen molar-refractivity contribution in [1.82, 2.24) is 0 Å². The van der Waals surface area contributed by atoms with Crippen LogP contribution in [-0.4, -0.2) is 22.2 Å². The largest absolute Gasteiger partial charge is 2.00 e. The zero-order valence-electron chi connectivity index (χ0n) is 20.1. The normalized spacial score (nSPS) is 17.4. The summed E-state index contributed by atoms with van der Waals surface area (Å²) >= 11 is 0. The standard InChI is InChI=1S/C14H19.2C7H5FO2.ClH.Ti/c1-10-11-6-2-4-8-13(11)14-9-5-3-7-12(10)14;2*8-6-3-1-5(2-4-6)7(9)10;;/h6,10H,2-5,7-9H2,1H3;2*1-4H,(H,9,10);1H;/q-1;;;;+2/p-1. The number of hydrogen-bond acceptors (Lipinski definition) is 2. The number of carboxylic acid groups (broad SMARTS) is 2. The summed E-state index contributed by atoms with van der Waals surface area (Å²) in [5.41, 5.74) is 7.26. The van der Waals surface area contributed by atoms with Crippen LogP contribution < -0.4 is 12.4 Å². The van der Waals surface area contributed by atoms with E-state index in [1.807, 2.05) is 0 Å². The van der Waals surface area contributed by atoms with Crippen molar-refractivity contribution in [3.05, 3.63) is 100 Å². The van der Waals surface area contributed by atoms with Crippen molar-refractivity contribution in [2.24, 2.45) is 5.92 Å². The van der Waals surface area contributed by atoms with E-state index < -0.39 is 23.6 Å². The molecule has 0 saturated carbocycles. The minimum absolute atomic E-state index is 0. The first-order chi connectivity index (χ1) is 16.3. The van der Waals surface area contributed by atoms with Gasteiger partial charge in [-0.3, -0.25) is 0 Å². The van der Waals surface area contributed by atoms with Crippen LogP contribution in [0.2, 0.25) is 0 Å². The maximum Gasteiger partial charge on any atom is 2.00 e. The second-order valence-electron chi connectivity index (χ2n) is 8.59. The van der Waals surface area contributed by atoms with E-state index in [4.69, 9.17) is 10.2 Å². The Kier molecular flexibility index (Phi) is 13.2. The van der Waals surface area contributed by atoms with E-state index in [1.54, 1.807) is 22.3 Å². The third-order valence-corrected chi connectivity index (χ3v) is 6.39. The fourth-order valence-corrected chi connectivity index (χ4v) is 4.69. The second-order valence-corrected chi connectivity index (χ2v) is 8.59. The van der Waals surface area contributed by atoms with Crippen LogP contribution in [0.15, 0.2) is 70.8 Å². The van der Waals surface area contributed by atoms with E-state index in [-0.39, 0.29) is 45.3 Å². The van der Waals surface area contributed by atoms with Gasteiger partial charge in [-0.05, 0) is 73.7 Å². The zero-order chi connectivity index (χ0) is 24.7. The summed E-state index contributed by atoms with van der Waals surface area (Å²) in [5, 5.41) is 16.7. The molecule has 36 heavy (non-hydrogen) atoms. The van der Waals surface area contributed by atoms with Gasteiger partial charge in [0, 0.05) is 0 Å². The van der Waals surface area contributed by atoms with Gasteiger partial charge in [-0.2, -0.15) is 5.57 Å². The maximum atomic E-state index is 12.2. The van der Waals surface area contributed by atoms with E-state index in [9.17, 15) is 18.4 Å². The Balaban J connectivity index is 0.000000269. The van der Waals surface area contributed by atoms with Crippen molar-refractivity contribution in [2.75, 3.05) is 0 Å². The van der Waals surface area contributed by atoms with Gasteiger partial charge in [0.05, 0.1) is 11.1 Å². The summed E-state index contributed by atoms with van der Waals surface area (Å²) in [4.78, 5) is 20.4. The van der Waals surface area contributed by atoms with E-state index in [0.29, 0.717) is 0 Å². The molecule has 0 aliphatic heterocycles. The molecule has 8 heteroatoms. The Morgan fingerprint density at radius 2 is 1.22 bits per heavy atom. The zero-order valence-corrected chi connectivity index (χ0v) is 22.4. The van der Waals surface area contributed by atoms with Crippen LogP contribution in [0.1, 0.15) is 72.6 Å². The Morgan fingerprint density at radius 1 is 0.778 bits per heavy atom. The van der Waals surface area contributed by atoms with Crippen molar-refractivity contribution in [3.8, 4) is 0 Å². The molecular formula is C28H29ClF2O4Ti. The third-order valence-electron chi connectivity index (χ3n) is 6.39. The van der Waals surface area contributed by atoms with Gasteiger partial charge < -0.3 is 22.6 Å². The average Bonchev–Trinajstić information content (AvgIpc) is 3.13. The summed E-state index contributed by atoms with van der Waals surface area (Å²) in [6, 6.07) is 9.34. The van der Waals surface area contributed by atoms with Crippen LogP contribution in [0.5, 0.6) is 0 Å². The topological polar surface area (TPSA) is 74.6 Å². The number of aromatic carboxylic acids is 2. The number of hydrogen-bond donors (Lipinski definition) is 2. The molecule has 2 aromatic carbocycles. The number of allylic oxidation sites excluding steroid dienone is 4. The molecule has 3 aliphatic rings. The summed E-state index contributed by atoms with van der Waals surface area (Å²) in [5.74, 6) is -2.16. The molecule has 1 unspecified atom stereocenters. The number of rotatable bonds is 2. The van der Waals surface area contributed by atoms with Crippen molar-refractivity contribution in [3.63, 3.8) is 0 Å². The predicted octanol–water partition coefficient (Wildman–Crippen LogP) is 4.24. The molecule has 190 valence electrons. The summed E-state index contributed by atoms with van der Waals surface area (Å²) in [6.45, 7) is 2.42. The first-order valence-corrected chi connectivity index (χ1v) is 11.5. The number of benzene rings is 2. The quantitative estimate of drug-likeness (QED) is 0.433. The smallest absolute Gasteiger partial charge is 1.00 e. The van der Waals surface area contributed by atoms with E-state index in [0.717, 1.165) is 30.2 Å². The monoisotopic (exact) mass is 550 g/mol. The van der Waals surface area contributed by atoms with Crippen LogP contribution >= 0.6 is 0 Å². The van der Waals surface area contributed by atoms with Gasteiger partial charge >= 0.3 is 33.7 Å². The maximum absolute atomic E-state index is 12.2. The molecule has 4 nitrogen and oxygen atoms in total. The molecule has 2 N–H and O–H groups in total. The Hall–Kier alpha value is -2.41. The Bertz CT molecular complexity index is 1010. The van der Waals surface area contributed by atoms with Gasteiger partial charge in [0.2, 0.25) is 0 Å². The fraction of sp³-hybridized carbons (Fsp3) is 0.321. The van der Waals surface area contributed by atoms with Crippen LogP contribution in [-0.2, 0) is 21.7 Å². The molecule has 5 rings (SSSR count). The SMILES string of the molecule is CC1C2=C(CCC[CH-]2)C2=C1CCCC2.O=C(O)c1ccc(F)cc1.O=C(O)c1ccc(F)cc1.[Cl-].[Ti+2]. The number of halogens is 3. The molecule has 0 heterocycles. The van der Waals surface area contributed by atoms with Gasteiger partial charge in [-0.25, -0.2) is 30.4 Å². The second kappa shape index (κ2) is 15.0. The van der Waals surface area contributed by atoms with Gasteiger partial charge in [0.15, 0.2) is 0 Å². The van der Waals surface area contributed by atoms with Crippen molar-refractivity contribution >= 4 is 11.9 Å². The molecule has 0 spiro atoms. The molecule has 0 amide bonds. The summed E-state index contributed by atoms with van der Waals surface area (Å²) in [6.07, 6.45) is 12.2. The third kappa shape index (κ3) is 8.33. The van der Waals surface area contributed by atoms with Gasteiger partial charge in [-0.1, -0.05) is 31.8 Å². The molecule has 2 aromatic rings. The number of carboxylic acids is 2. The molecule has 1 atom stereocenters. The van der Waals surface area contributed by atoms with Gasteiger partial charge in [0.25, 0.3) is 0 Å². The molecule has 3 aliphatic carbocycles. The molecule has 0 radical (unpaired) electrons. The fourth-order valence-electron chi connectivity index (χ4n) is 4.69. The number of carbonyl (C=O) groups is 2. The molecule has 0 saturated heterocycles. The van der Waals surface area contributed by atoms with Gasteiger partial charge in [0.1, 0.15) is 11.6 Å².